The van der Waals surface area contributed by atoms with Gasteiger partial charge in [-0.3, -0.25) is 19.2 Å². The molecule has 0 fully saturated rings. The molecular weight excluding hydrogens is 408 g/mol. The van der Waals surface area contributed by atoms with Crippen molar-refractivity contribution in [1.29, 1.82) is 0 Å². The lowest BCUT2D eigenvalue weighted by atomic mass is 10.0. The minimum atomic E-state index is -0.606. The van der Waals surface area contributed by atoms with Gasteiger partial charge in [-0.1, -0.05) is 25.1 Å². The molecule has 0 saturated heterocycles. The standard InChI is InChI=1S/C24H20N4O4/c1-4-17-18-10-21-22-16(9-15-7-5-6-8-20(15)25-22)11-26(21)23(31)19(18)12-27(24(17)32)28(13(2)29)14(3)30/h5-10,12H,4,11H2,1-3H3. The molecule has 0 N–H and O–H groups in total. The summed E-state index contributed by atoms with van der Waals surface area (Å²) in [5, 5.41) is 2.53. The van der Waals surface area contributed by atoms with E-state index >= 15 is 0 Å². The molecule has 0 spiro atoms. The maximum atomic E-state index is 13.5. The molecule has 160 valence electrons. The van der Waals surface area contributed by atoms with E-state index in [1.807, 2.05) is 36.4 Å². The molecule has 4 heterocycles. The van der Waals surface area contributed by atoms with Gasteiger partial charge in [0.05, 0.1) is 28.8 Å². The Balaban J connectivity index is 1.84. The van der Waals surface area contributed by atoms with Crippen LogP contribution < -0.4 is 16.1 Å². The van der Waals surface area contributed by atoms with Crippen molar-refractivity contribution in [3.8, 4) is 11.4 Å². The predicted molar refractivity (Wildman–Crippen MR) is 121 cm³/mol. The summed E-state index contributed by atoms with van der Waals surface area (Å²) in [6.45, 7) is 4.57. The highest BCUT2D eigenvalue weighted by Crippen LogP contribution is 2.33. The fourth-order valence-corrected chi connectivity index (χ4v) is 4.51. The molecule has 1 aliphatic rings. The van der Waals surface area contributed by atoms with Crippen LogP contribution in [0.2, 0.25) is 0 Å². The molecule has 8 nitrogen and oxygen atoms in total. The van der Waals surface area contributed by atoms with E-state index in [1.54, 1.807) is 11.5 Å². The highest BCUT2D eigenvalue weighted by atomic mass is 16.2. The highest BCUT2D eigenvalue weighted by Gasteiger charge is 2.26. The first-order valence-corrected chi connectivity index (χ1v) is 10.3. The van der Waals surface area contributed by atoms with E-state index in [9.17, 15) is 19.2 Å². The van der Waals surface area contributed by atoms with E-state index < -0.39 is 17.4 Å². The van der Waals surface area contributed by atoms with Crippen molar-refractivity contribution in [2.24, 2.45) is 0 Å². The normalized spacial score (nSPS) is 12.1. The number of carbonyl (C=O) groups excluding carboxylic acids is 2. The molecule has 0 radical (unpaired) electrons. The largest absolute Gasteiger partial charge is 0.302 e. The maximum Gasteiger partial charge on any atom is 0.273 e. The highest BCUT2D eigenvalue weighted by molar-refractivity contribution is 6.06. The SMILES string of the molecule is CCc1c(=O)n(N(C(C)=O)C(C)=O)cc2c(=O)n3c(cc12)-c1nc2ccccc2cc1C3. The Morgan fingerprint density at radius 2 is 1.75 bits per heavy atom. The van der Waals surface area contributed by atoms with Crippen molar-refractivity contribution >= 4 is 33.5 Å². The number of amides is 2. The minimum Gasteiger partial charge on any atom is -0.302 e. The van der Waals surface area contributed by atoms with Crippen molar-refractivity contribution in [2.45, 2.75) is 33.7 Å². The number of para-hydroxylation sites is 1. The predicted octanol–water partition coefficient (Wildman–Crippen LogP) is 2.33. The zero-order valence-electron chi connectivity index (χ0n) is 17.9. The van der Waals surface area contributed by atoms with Crippen molar-refractivity contribution in [1.82, 2.24) is 14.2 Å². The van der Waals surface area contributed by atoms with Crippen LogP contribution in [0.3, 0.4) is 0 Å². The van der Waals surface area contributed by atoms with E-state index in [0.29, 0.717) is 29.6 Å². The van der Waals surface area contributed by atoms with Gasteiger partial charge >= 0.3 is 0 Å². The summed E-state index contributed by atoms with van der Waals surface area (Å²) < 4.78 is 2.58. The van der Waals surface area contributed by atoms with Crippen molar-refractivity contribution < 1.29 is 9.59 Å². The number of nitrogens with zero attached hydrogens (tertiary/aromatic N) is 4. The van der Waals surface area contributed by atoms with E-state index in [0.717, 1.165) is 31.8 Å². The Kier molecular flexibility index (Phi) is 4.33. The topological polar surface area (TPSA) is 94.3 Å². The Bertz CT molecular complexity index is 1580. The third kappa shape index (κ3) is 2.72. The second kappa shape index (κ2) is 6.98. The molecule has 0 saturated carbocycles. The summed E-state index contributed by atoms with van der Waals surface area (Å²) in [6, 6.07) is 11.6. The maximum absolute atomic E-state index is 13.5. The Morgan fingerprint density at radius 3 is 2.44 bits per heavy atom. The molecule has 2 amide bonds. The lowest BCUT2D eigenvalue weighted by Crippen LogP contribution is -2.49. The number of imide groups is 1. The van der Waals surface area contributed by atoms with Gasteiger partial charge in [-0.15, -0.1) is 0 Å². The number of rotatable bonds is 2. The number of pyridine rings is 3. The Labute approximate surface area is 182 Å². The molecule has 4 aromatic rings. The van der Waals surface area contributed by atoms with E-state index in [1.165, 1.54) is 20.0 Å². The lowest BCUT2D eigenvalue weighted by molar-refractivity contribution is -0.126. The fraction of sp³-hybridized carbons (Fsp3) is 0.208. The van der Waals surface area contributed by atoms with Gasteiger partial charge in [0.15, 0.2) is 0 Å². The molecule has 0 bridgehead atoms. The van der Waals surface area contributed by atoms with Crippen LogP contribution in [-0.4, -0.2) is 26.0 Å². The molecule has 0 aliphatic carbocycles. The average Bonchev–Trinajstić information content (AvgIpc) is 3.10. The second-order valence-corrected chi connectivity index (χ2v) is 7.90. The first kappa shape index (κ1) is 19.9. The van der Waals surface area contributed by atoms with Crippen LogP contribution in [0.4, 0.5) is 0 Å². The Hall–Kier alpha value is -4.07. The van der Waals surface area contributed by atoms with Crippen LogP contribution >= 0.6 is 0 Å². The quantitative estimate of drug-likeness (QED) is 0.430. The van der Waals surface area contributed by atoms with E-state index in [2.05, 4.69) is 0 Å². The van der Waals surface area contributed by atoms with Crippen LogP contribution in [0.15, 0.2) is 52.2 Å². The van der Waals surface area contributed by atoms with Gasteiger partial charge in [-0.05, 0) is 30.0 Å². The van der Waals surface area contributed by atoms with Gasteiger partial charge in [0.1, 0.15) is 0 Å². The molecule has 8 heteroatoms. The number of hydrogen-bond acceptors (Lipinski definition) is 5. The van der Waals surface area contributed by atoms with Gasteiger partial charge in [-0.2, -0.15) is 5.01 Å². The molecule has 0 atom stereocenters. The number of hydrogen-bond donors (Lipinski definition) is 0. The van der Waals surface area contributed by atoms with Crippen LogP contribution in [-0.2, 0) is 22.6 Å². The summed E-state index contributed by atoms with van der Waals surface area (Å²) in [5.74, 6) is -1.21. The zero-order chi connectivity index (χ0) is 22.7. The summed E-state index contributed by atoms with van der Waals surface area (Å²) in [7, 11) is 0. The van der Waals surface area contributed by atoms with Crippen molar-refractivity contribution in [3.05, 3.63) is 74.4 Å². The summed E-state index contributed by atoms with van der Waals surface area (Å²) in [5.41, 5.74) is 2.71. The minimum absolute atomic E-state index is 0.273. The lowest BCUT2D eigenvalue weighted by Gasteiger charge is -2.21. The van der Waals surface area contributed by atoms with Crippen LogP contribution in [0, 0.1) is 0 Å². The summed E-state index contributed by atoms with van der Waals surface area (Å²) in [4.78, 5) is 55.6. The van der Waals surface area contributed by atoms with Crippen LogP contribution in [0.5, 0.6) is 0 Å². The van der Waals surface area contributed by atoms with Gasteiger partial charge in [0.2, 0.25) is 11.8 Å². The smallest absolute Gasteiger partial charge is 0.273 e. The van der Waals surface area contributed by atoms with E-state index in [4.69, 9.17) is 4.98 Å². The fourth-order valence-electron chi connectivity index (χ4n) is 4.51. The first-order valence-electron chi connectivity index (χ1n) is 10.3. The Morgan fingerprint density at radius 1 is 1.03 bits per heavy atom. The number of aryl methyl sites for hydroxylation is 1. The van der Waals surface area contributed by atoms with Crippen molar-refractivity contribution in [3.63, 3.8) is 0 Å². The zero-order valence-corrected chi connectivity index (χ0v) is 17.9. The molecule has 32 heavy (non-hydrogen) atoms. The third-order valence-electron chi connectivity index (χ3n) is 5.92. The number of aromatic nitrogens is 3. The van der Waals surface area contributed by atoms with Gasteiger partial charge in [0.25, 0.3) is 11.1 Å². The molecule has 1 aliphatic heterocycles. The van der Waals surface area contributed by atoms with Gasteiger partial charge in [0, 0.05) is 36.6 Å². The monoisotopic (exact) mass is 428 g/mol. The summed E-state index contributed by atoms with van der Waals surface area (Å²) >= 11 is 0. The van der Waals surface area contributed by atoms with Crippen molar-refractivity contribution in [2.75, 3.05) is 5.01 Å². The summed E-state index contributed by atoms with van der Waals surface area (Å²) in [6.07, 6.45) is 1.63. The average molecular weight is 428 g/mol. The second-order valence-electron chi connectivity index (χ2n) is 7.90. The van der Waals surface area contributed by atoms with E-state index in [-0.39, 0.29) is 10.9 Å². The molecule has 5 rings (SSSR count). The number of fused-ring (bicyclic) bond motifs is 5. The van der Waals surface area contributed by atoms with Gasteiger partial charge < -0.3 is 4.57 Å². The van der Waals surface area contributed by atoms with Crippen LogP contribution in [0.25, 0.3) is 33.1 Å². The van der Waals surface area contributed by atoms with Gasteiger partial charge in [-0.25, -0.2) is 9.66 Å². The number of carbonyl (C=O) groups is 2. The first-order chi connectivity index (χ1) is 15.3. The number of benzene rings is 1. The molecule has 1 aromatic carbocycles. The third-order valence-corrected chi connectivity index (χ3v) is 5.92. The molecule has 0 unspecified atom stereocenters. The molecular formula is C24H20N4O4. The van der Waals surface area contributed by atoms with Crippen LogP contribution in [0.1, 0.15) is 31.9 Å². The molecule has 3 aromatic heterocycles.